The van der Waals surface area contributed by atoms with E-state index in [1.165, 1.54) is 0 Å². The summed E-state index contributed by atoms with van der Waals surface area (Å²) in [6, 6.07) is 7.18. The molecule has 1 N–H and O–H groups in total. The first-order valence-electron chi connectivity index (χ1n) is 5.23. The van der Waals surface area contributed by atoms with Crippen LogP contribution in [-0.2, 0) is 0 Å². The summed E-state index contributed by atoms with van der Waals surface area (Å²) in [6.07, 6.45) is 0. The summed E-state index contributed by atoms with van der Waals surface area (Å²) in [6.45, 7) is 1.47. The summed E-state index contributed by atoms with van der Waals surface area (Å²) in [5, 5.41) is 3.01. The van der Waals surface area contributed by atoms with Gasteiger partial charge in [0, 0.05) is 25.7 Å². The quantitative estimate of drug-likeness (QED) is 0.868. The second-order valence-corrected chi connectivity index (χ2v) is 3.56. The van der Waals surface area contributed by atoms with Crippen LogP contribution in [0.4, 0.5) is 0 Å². The van der Waals surface area contributed by atoms with Crippen molar-refractivity contribution in [3.63, 3.8) is 0 Å². The number of amides is 1. The number of halogens is 1. The Morgan fingerprint density at radius 2 is 2.18 bits per heavy atom. The van der Waals surface area contributed by atoms with E-state index in [0.717, 1.165) is 6.54 Å². The molecule has 0 aliphatic rings. The van der Waals surface area contributed by atoms with E-state index < -0.39 is 0 Å². The molecule has 0 bridgehead atoms. The van der Waals surface area contributed by atoms with E-state index in [1.54, 1.807) is 31.2 Å². The average molecular weight is 259 g/mol. The van der Waals surface area contributed by atoms with Gasteiger partial charge in [-0.2, -0.15) is 0 Å². The van der Waals surface area contributed by atoms with Crippen LogP contribution in [-0.4, -0.2) is 45.1 Å². The van der Waals surface area contributed by atoms with Gasteiger partial charge in [-0.3, -0.25) is 4.79 Å². The van der Waals surface area contributed by atoms with E-state index >= 15 is 0 Å². The lowest BCUT2D eigenvalue weighted by Crippen LogP contribution is -2.32. The number of methoxy groups -OCH3 is 1. The molecule has 0 unspecified atom stereocenters. The van der Waals surface area contributed by atoms with Crippen LogP contribution in [0.2, 0.25) is 0 Å². The predicted octanol–water partition coefficient (Wildman–Crippen LogP) is 1.41. The van der Waals surface area contributed by atoms with Crippen molar-refractivity contribution in [1.82, 2.24) is 10.2 Å². The molecule has 96 valence electrons. The molecule has 5 heteroatoms. The predicted molar refractivity (Wildman–Crippen MR) is 71.1 cm³/mol. The van der Waals surface area contributed by atoms with Crippen LogP contribution in [0.25, 0.3) is 0 Å². The Morgan fingerprint density at radius 1 is 1.47 bits per heavy atom. The maximum Gasteiger partial charge on any atom is 0.253 e. The molecule has 0 aliphatic heterocycles. The molecule has 0 aromatic heterocycles. The molecule has 0 radical (unpaired) electrons. The Morgan fingerprint density at radius 3 is 2.76 bits per heavy atom. The minimum atomic E-state index is 0. The largest absolute Gasteiger partial charge is 0.497 e. The number of likely N-dealkylation sites (N-methyl/N-ethyl adjacent to an activating group) is 2. The number of hydrogen-bond donors (Lipinski definition) is 1. The maximum absolute atomic E-state index is 12.0. The molecule has 0 saturated heterocycles. The summed E-state index contributed by atoms with van der Waals surface area (Å²) < 4.78 is 5.08. The number of benzene rings is 1. The first kappa shape index (κ1) is 15.7. The van der Waals surface area contributed by atoms with E-state index in [0.29, 0.717) is 17.9 Å². The molecule has 0 fully saturated rings. The number of carbonyl (C=O) groups excluding carboxylic acids is 1. The van der Waals surface area contributed by atoms with Crippen LogP contribution in [0.5, 0.6) is 5.75 Å². The van der Waals surface area contributed by atoms with Crippen molar-refractivity contribution >= 4 is 18.3 Å². The third-order valence-corrected chi connectivity index (χ3v) is 2.36. The number of rotatable bonds is 5. The number of carbonyl (C=O) groups is 1. The minimum absolute atomic E-state index is 0. The first-order valence-corrected chi connectivity index (χ1v) is 5.23. The van der Waals surface area contributed by atoms with Crippen molar-refractivity contribution in [3.05, 3.63) is 29.8 Å². The summed E-state index contributed by atoms with van der Waals surface area (Å²) in [5.74, 6) is 0.710. The first-order chi connectivity index (χ1) is 7.69. The molecular weight excluding hydrogens is 240 g/mol. The third-order valence-electron chi connectivity index (χ3n) is 2.36. The zero-order chi connectivity index (χ0) is 12.0. The normalized spacial score (nSPS) is 9.35. The van der Waals surface area contributed by atoms with Crippen LogP contribution in [0.1, 0.15) is 10.4 Å². The third kappa shape index (κ3) is 4.63. The highest BCUT2D eigenvalue weighted by molar-refractivity contribution is 5.94. The van der Waals surface area contributed by atoms with Gasteiger partial charge in [0.15, 0.2) is 0 Å². The van der Waals surface area contributed by atoms with Gasteiger partial charge in [0.05, 0.1) is 7.11 Å². The van der Waals surface area contributed by atoms with Gasteiger partial charge in [0.1, 0.15) is 5.75 Å². The number of hydrogen-bond acceptors (Lipinski definition) is 3. The molecule has 0 aliphatic carbocycles. The Kier molecular flexibility index (Phi) is 7.34. The van der Waals surface area contributed by atoms with Crippen molar-refractivity contribution in [2.24, 2.45) is 0 Å². The molecule has 1 aromatic rings. The number of ether oxygens (including phenoxy) is 1. The zero-order valence-electron chi connectivity index (χ0n) is 10.4. The van der Waals surface area contributed by atoms with Crippen LogP contribution < -0.4 is 10.1 Å². The van der Waals surface area contributed by atoms with Gasteiger partial charge < -0.3 is 15.0 Å². The van der Waals surface area contributed by atoms with Gasteiger partial charge >= 0.3 is 0 Å². The van der Waals surface area contributed by atoms with Crippen molar-refractivity contribution in [2.75, 3.05) is 34.3 Å². The van der Waals surface area contributed by atoms with Gasteiger partial charge in [0.2, 0.25) is 0 Å². The Bertz CT molecular complexity index is 358. The van der Waals surface area contributed by atoms with Crippen molar-refractivity contribution in [1.29, 1.82) is 0 Å². The highest BCUT2D eigenvalue weighted by atomic mass is 35.5. The second-order valence-electron chi connectivity index (χ2n) is 3.56. The summed E-state index contributed by atoms with van der Waals surface area (Å²) in [5.41, 5.74) is 0.651. The van der Waals surface area contributed by atoms with Crippen LogP contribution in [0, 0.1) is 0 Å². The molecular formula is C12H19ClN2O2. The molecule has 4 nitrogen and oxygen atoms in total. The fourth-order valence-electron chi connectivity index (χ4n) is 1.36. The summed E-state index contributed by atoms with van der Waals surface area (Å²) in [4.78, 5) is 13.6. The van der Waals surface area contributed by atoms with E-state index in [4.69, 9.17) is 4.74 Å². The molecule has 1 aromatic carbocycles. The standard InChI is InChI=1S/C12H18N2O2.ClH/c1-13-7-8-14(2)12(15)10-5-4-6-11(9-10)16-3;/h4-6,9,13H,7-8H2,1-3H3;1H. The van der Waals surface area contributed by atoms with E-state index in [-0.39, 0.29) is 18.3 Å². The molecule has 0 heterocycles. The van der Waals surface area contributed by atoms with E-state index in [2.05, 4.69) is 5.32 Å². The maximum atomic E-state index is 12.0. The van der Waals surface area contributed by atoms with Crippen LogP contribution >= 0.6 is 12.4 Å². The van der Waals surface area contributed by atoms with E-state index in [1.807, 2.05) is 19.2 Å². The summed E-state index contributed by atoms with van der Waals surface area (Å²) >= 11 is 0. The monoisotopic (exact) mass is 258 g/mol. The fraction of sp³-hybridized carbons (Fsp3) is 0.417. The smallest absolute Gasteiger partial charge is 0.253 e. The topological polar surface area (TPSA) is 41.6 Å². The van der Waals surface area contributed by atoms with Gasteiger partial charge in [-0.25, -0.2) is 0 Å². The highest BCUT2D eigenvalue weighted by Gasteiger charge is 2.11. The zero-order valence-corrected chi connectivity index (χ0v) is 11.2. The highest BCUT2D eigenvalue weighted by Crippen LogP contribution is 2.13. The molecule has 17 heavy (non-hydrogen) atoms. The Labute approximate surface area is 108 Å². The van der Waals surface area contributed by atoms with Gasteiger partial charge in [-0.05, 0) is 25.2 Å². The Hall–Kier alpha value is -1.26. The molecule has 1 amide bonds. The molecule has 0 saturated carbocycles. The van der Waals surface area contributed by atoms with Crippen LogP contribution in [0.15, 0.2) is 24.3 Å². The second kappa shape index (κ2) is 7.92. The lowest BCUT2D eigenvalue weighted by Gasteiger charge is -2.17. The van der Waals surface area contributed by atoms with Crippen molar-refractivity contribution < 1.29 is 9.53 Å². The number of nitrogens with one attached hydrogen (secondary N) is 1. The van der Waals surface area contributed by atoms with Crippen molar-refractivity contribution in [3.8, 4) is 5.75 Å². The summed E-state index contributed by atoms with van der Waals surface area (Å²) in [7, 11) is 5.25. The number of nitrogens with zero attached hydrogens (tertiary/aromatic N) is 1. The van der Waals surface area contributed by atoms with Gasteiger partial charge in [-0.1, -0.05) is 6.07 Å². The molecule has 1 rings (SSSR count). The van der Waals surface area contributed by atoms with Crippen LogP contribution in [0.3, 0.4) is 0 Å². The average Bonchev–Trinajstić information content (AvgIpc) is 2.35. The lowest BCUT2D eigenvalue weighted by molar-refractivity contribution is 0.0796. The molecule has 0 spiro atoms. The van der Waals surface area contributed by atoms with Gasteiger partial charge in [-0.15, -0.1) is 12.4 Å². The fourth-order valence-corrected chi connectivity index (χ4v) is 1.36. The SMILES string of the molecule is CNCCN(C)C(=O)c1cccc(OC)c1.Cl. The Balaban J connectivity index is 0.00000256. The molecule has 0 atom stereocenters. The minimum Gasteiger partial charge on any atom is -0.497 e. The van der Waals surface area contributed by atoms with Crippen molar-refractivity contribution in [2.45, 2.75) is 0 Å². The lowest BCUT2D eigenvalue weighted by atomic mass is 10.2. The van der Waals surface area contributed by atoms with E-state index in [9.17, 15) is 4.79 Å². The van der Waals surface area contributed by atoms with Gasteiger partial charge in [0.25, 0.3) is 5.91 Å².